The van der Waals surface area contributed by atoms with Gasteiger partial charge in [0.15, 0.2) is 0 Å². The zero-order chi connectivity index (χ0) is 16.7. The summed E-state index contributed by atoms with van der Waals surface area (Å²) >= 11 is 15.7. The van der Waals surface area contributed by atoms with Crippen molar-refractivity contribution in [2.24, 2.45) is 5.92 Å². The van der Waals surface area contributed by atoms with Crippen LogP contribution in [0.1, 0.15) is 29.3 Å². The molecular weight excluding hydrogens is 379 g/mol. The first-order valence-corrected chi connectivity index (χ1v) is 10.5. The summed E-state index contributed by atoms with van der Waals surface area (Å²) in [5.41, 5.74) is 2.63. The van der Waals surface area contributed by atoms with Crippen molar-refractivity contribution in [1.82, 2.24) is 9.97 Å². The summed E-state index contributed by atoms with van der Waals surface area (Å²) in [6.07, 6.45) is 5.26. The van der Waals surface area contributed by atoms with Gasteiger partial charge in [-0.15, -0.1) is 23.1 Å². The van der Waals surface area contributed by atoms with Crippen molar-refractivity contribution in [1.29, 1.82) is 0 Å². The van der Waals surface area contributed by atoms with Crippen molar-refractivity contribution in [3.8, 4) is 0 Å². The van der Waals surface area contributed by atoms with Gasteiger partial charge in [0.1, 0.15) is 16.2 Å². The maximum absolute atomic E-state index is 6.12. The molecule has 0 saturated heterocycles. The number of thioether (sulfide) groups is 1. The van der Waals surface area contributed by atoms with Gasteiger partial charge < -0.3 is 0 Å². The van der Waals surface area contributed by atoms with Crippen molar-refractivity contribution in [2.75, 3.05) is 0 Å². The van der Waals surface area contributed by atoms with Gasteiger partial charge in [-0.25, -0.2) is 9.97 Å². The molecule has 0 fully saturated rings. The third-order valence-electron chi connectivity index (χ3n) is 4.42. The Morgan fingerprint density at radius 2 is 2.12 bits per heavy atom. The molecule has 1 aliphatic carbocycles. The Bertz CT molecular complexity index is 907. The molecule has 124 valence electrons. The molecule has 0 spiro atoms. The molecule has 0 N–H and O–H groups in total. The van der Waals surface area contributed by atoms with E-state index in [2.05, 4.69) is 16.9 Å². The van der Waals surface area contributed by atoms with Crippen LogP contribution in [0.15, 0.2) is 29.6 Å². The predicted octanol–water partition coefficient (Wildman–Crippen LogP) is 6.42. The van der Waals surface area contributed by atoms with Gasteiger partial charge in [0.2, 0.25) is 0 Å². The number of thiophene rings is 1. The van der Waals surface area contributed by atoms with E-state index < -0.39 is 0 Å². The zero-order valence-corrected chi connectivity index (χ0v) is 16.3. The van der Waals surface area contributed by atoms with E-state index in [0.717, 1.165) is 33.5 Å². The van der Waals surface area contributed by atoms with E-state index in [4.69, 9.17) is 23.2 Å². The van der Waals surface area contributed by atoms with Crippen LogP contribution < -0.4 is 0 Å². The maximum Gasteiger partial charge on any atom is 0.128 e. The summed E-state index contributed by atoms with van der Waals surface area (Å²) in [6, 6.07) is 5.80. The molecule has 1 aliphatic rings. The number of benzene rings is 1. The number of hydrogen-bond donors (Lipinski definition) is 0. The van der Waals surface area contributed by atoms with E-state index >= 15 is 0 Å². The van der Waals surface area contributed by atoms with E-state index in [1.54, 1.807) is 18.1 Å². The van der Waals surface area contributed by atoms with Crippen molar-refractivity contribution in [3.63, 3.8) is 0 Å². The molecule has 0 bridgehead atoms. The number of aromatic nitrogens is 2. The minimum absolute atomic E-state index is 0.593. The highest BCUT2D eigenvalue weighted by Crippen LogP contribution is 2.41. The normalized spacial score (nSPS) is 17.2. The molecule has 2 aromatic heterocycles. The number of fused-ring (bicyclic) bond motifs is 3. The molecule has 24 heavy (non-hydrogen) atoms. The van der Waals surface area contributed by atoms with Gasteiger partial charge in [-0.3, -0.25) is 0 Å². The molecule has 1 atom stereocenters. The first-order valence-electron chi connectivity index (χ1n) is 7.94. The highest BCUT2D eigenvalue weighted by molar-refractivity contribution is 7.98. The first kappa shape index (κ1) is 16.6. The molecule has 3 aromatic rings. The smallest absolute Gasteiger partial charge is 0.128 e. The topological polar surface area (TPSA) is 25.8 Å². The van der Waals surface area contributed by atoms with Crippen molar-refractivity contribution < 1.29 is 0 Å². The fourth-order valence-corrected chi connectivity index (χ4v) is 5.84. The predicted molar refractivity (Wildman–Crippen MR) is 105 cm³/mol. The Kier molecular flexibility index (Phi) is 4.74. The summed E-state index contributed by atoms with van der Waals surface area (Å²) in [7, 11) is 0. The molecule has 2 heterocycles. The molecule has 2 nitrogen and oxygen atoms in total. The molecule has 0 amide bonds. The Morgan fingerprint density at radius 1 is 1.25 bits per heavy atom. The highest BCUT2D eigenvalue weighted by atomic mass is 35.5. The van der Waals surface area contributed by atoms with Crippen LogP contribution in [-0.2, 0) is 18.6 Å². The number of aryl methyl sites for hydroxylation is 1. The average Bonchev–Trinajstić information content (AvgIpc) is 2.93. The Labute approximate surface area is 159 Å². The van der Waals surface area contributed by atoms with Gasteiger partial charge in [0.25, 0.3) is 0 Å². The van der Waals surface area contributed by atoms with E-state index in [1.165, 1.54) is 28.7 Å². The minimum atomic E-state index is 0.593. The number of nitrogens with zero attached hydrogens (tertiary/aromatic N) is 2. The van der Waals surface area contributed by atoms with Crippen LogP contribution in [0, 0.1) is 5.92 Å². The third-order valence-corrected chi connectivity index (χ3v) is 7.38. The molecular formula is C18H16Cl2N2S2. The van der Waals surface area contributed by atoms with E-state index in [0.29, 0.717) is 10.0 Å². The number of rotatable bonds is 3. The molecule has 1 aromatic carbocycles. The van der Waals surface area contributed by atoms with Gasteiger partial charge >= 0.3 is 0 Å². The van der Waals surface area contributed by atoms with E-state index in [-0.39, 0.29) is 0 Å². The first-order chi connectivity index (χ1) is 11.6. The Morgan fingerprint density at radius 3 is 2.96 bits per heavy atom. The second-order valence-corrected chi connectivity index (χ2v) is 9.11. The van der Waals surface area contributed by atoms with Crippen LogP contribution >= 0.6 is 46.3 Å². The van der Waals surface area contributed by atoms with E-state index in [1.807, 2.05) is 29.5 Å². The van der Waals surface area contributed by atoms with Gasteiger partial charge in [-0.05, 0) is 48.4 Å². The van der Waals surface area contributed by atoms with Crippen LogP contribution in [0.2, 0.25) is 10.0 Å². The molecule has 0 radical (unpaired) electrons. The Hall–Kier alpha value is -0.810. The lowest BCUT2D eigenvalue weighted by atomic mass is 9.89. The van der Waals surface area contributed by atoms with Crippen molar-refractivity contribution >= 4 is 56.5 Å². The van der Waals surface area contributed by atoms with Gasteiger partial charge in [0, 0.05) is 16.0 Å². The number of hydrogen-bond acceptors (Lipinski definition) is 4. The van der Waals surface area contributed by atoms with Crippen LogP contribution in [-0.4, -0.2) is 9.97 Å². The third kappa shape index (κ3) is 3.17. The van der Waals surface area contributed by atoms with Crippen LogP contribution in [0.3, 0.4) is 0 Å². The molecule has 0 aliphatic heterocycles. The largest absolute Gasteiger partial charge is 0.229 e. The van der Waals surface area contributed by atoms with Crippen LogP contribution in [0.5, 0.6) is 0 Å². The molecule has 0 unspecified atom stereocenters. The summed E-state index contributed by atoms with van der Waals surface area (Å²) in [6.45, 7) is 2.33. The lowest BCUT2D eigenvalue weighted by molar-refractivity contribution is 0.509. The summed E-state index contributed by atoms with van der Waals surface area (Å²) in [5.74, 6) is 1.59. The second-order valence-electron chi connectivity index (χ2n) is 6.25. The van der Waals surface area contributed by atoms with Crippen LogP contribution in [0.4, 0.5) is 0 Å². The highest BCUT2D eigenvalue weighted by Gasteiger charge is 2.23. The minimum Gasteiger partial charge on any atom is -0.229 e. The van der Waals surface area contributed by atoms with Crippen molar-refractivity contribution in [3.05, 3.63) is 50.6 Å². The quantitative estimate of drug-likeness (QED) is 0.378. The van der Waals surface area contributed by atoms with Crippen LogP contribution in [0.25, 0.3) is 10.2 Å². The Balaban J connectivity index is 1.65. The average molecular weight is 395 g/mol. The maximum atomic E-state index is 6.12. The molecule has 4 rings (SSSR count). The van der Waals surface area contributed by atoms with Gasteiger partial charge in [0.05, 0.1) is 10.0 Å². The second kappa shape index (κ2) is 6.83. The molecule has 6 heteroatoms. The number of halogens is 2. The summed E-state index contributed by atoms with van der Waals surface area (Å²) in [5, 5.41) is 3.55. The fourth-order valence-electron chi connectivity index (χ4n) is 3.14. The standard InChI is InChI=1S/C18H16Cl2N2S2/c1-10-2-4-12-15(6-10)24-18-16(12)17(21-9-22-18)23-8-11-3-5-13(19)14(20)7-11/h3,5,7,9-10H,2,4,6,8H2,1H3/t10-/m0/s1. The van der Waals surface area contributed by atoms with E-state index in [9.17, 15) is 0 Å². The summed E-state index contributed by atoms with van der Waals surface area (Å²) in [4.78, 5) is 11.7. The zero-order valence-electron chi connectivity index (χ0n) is 13.2. The lowest BCUT2D eigenvalue weighted by Gasteiger charge is -2.18. The van der Waals surface area contributed by atoms with Gasteiger partial charge in [-0.2, -0.15) is 0 Å². The summed E-state index contributed by atoms with van der Waals surface area (Å²) < 4.78 is 0. The lowest BCUT2D eigenvalue weighted by Crippen LogP contribution is -2.08. The SMILES string of the molecule is C[C@H]1CCc2c(sc3ncnc(SCc4ccc(Cl)c(Cl)c4)c23)C1. The monoisotopic (exact) mass is 394 g/mol. The molecule has 0 saturated carbocycles. The van der Waals surface area contributed by atoms with Crippen molar-refractivity contribution in [2.45, 2.75) is 37.0 Å². The fraction of sp³-hybridized carbons (Fsp3) is 0.333. The van der Waals surface area contributed by atoms with Gasteiger partial charge in [-0.1, -0.05) is 36.2 Å².